The minimum atomic E-state index is -0.0476. The number of carbonyl (C=O) groups excluding carboxylic acids is 2. The largest absolute Gasteiger partial charge is 0.337 e. The lowest BCUT2D eigenvalue weighted by Crippen LogP contribution is -2.51. The van der Waals surface area contributed by atoms with Crippen LogP contribution in [0.1, 0.15) is 71.8 Å². The third kappa shape index (κ3) is 5.42. The number of amides is 2. The molecule has 0 N–H and O–H groups in total. The zero-order valence-corrected chi connectivity index (χ0v) is 19.5. The van der Waals surface area contributed by atoms with Gasteiger partial charge in [0.2, 0.25) is 11.8 Å². The highest BCUT2D eigenvalue weighted by molar-refractivity contribution is 5.94. The molecule has 0 aliphatic carbocycles. The standard InChI is InChI=1S/C25H39N3O2/c1-6-23(29)28-15-14-20-11-9-12-21(26(20)5)18-27(24(30)16-25(2,3)4)17-19-10-7-8-13-22(19)28/h7-8,10,13,20-21H,6,9,11-12,14-18H2,1-5H3. The van der Waals surface area contributed by atoms with Crippen LogP contribution < -0.4 is 4.90 Å². The molecule has 2 atom stereocenters. The second kappa shape index (κ2) is 9.51. The Bertz CT molecular complexity index is 755. The van der Waals surface area contributed by atoms with Crippen molar-refractivity contribution in [3.63, 3.8) is 0 Å². The van der Waals surface area contributed by atoms with Gasteiger partial charge in [-0.05, 0) is 43.4 Å². The number of hydrogen-bond acceptors (Lipinski definition) is 3. The highest BCUT2D eigenvalue weighted by Crippen LogP contribution is 2.30. The number of carbonyl (C=O) groups is 2. The minimum Gasteiger partial charge on any atom is -0.337 e. The molecular weight excluding hydrogens is 374 g/mol. The summed E-state index contributed by atoms with van der Waals surface area (Å²) in [6, 6.07) is 8.98. The summed E-state index contributed by atoms with van der Waals surface area (Å²) < 4.78 is 0. The highest BCUT2D eigenvalue weighted by Gasteiger charge is 2.33. The summed E-state index contributed by atoms with van der Waals surface area (Å²) in [5.74, 6) is 0.365. The molecule has 2 unspecified atom stereocenters. The second-order valence-electron chi connectivity index (χ2n) is 10.2. The molecule has 0 saturated carbocycles. The van der Waals surface area contributed by atoms with E-state index in [1.807, 2.05) is 34.9 Å². The van der Waals surface area contributed by atoms with Crippen LogP contribution in [0.3, 0.4) is 0 Å². The average molecular weight is 414 g/mol. The van der Waals surface area contributed by atoms with E-state index in [2.05, 4.69) is 38.8 Å². The summed E-state index contributed by atoms with van der Waals surface area (Å²) >= 11 is 0. The second-order valence-corrected chi connectivity index (χ2v) is 10.2. The Labute approximate surface area is 182 Å². The predicted molar refractivity (Wildman–Crippen MR) is 122 cm³/mol. The quantitative estimate of drug-likeness (QED) is 0.719. The van der Waals surface area contributed by atoms with E-state index in [1.165, 1.54) is 12.8 Å². The Morgan fingerprint density at radius 2 is 1.73 bits per heavy atom. The first-order valence-corrected chi connectivity index (χ1v) is 11.6. The van der Waals surface area contributed by atoms with E-state index in [9.17, 15) is 9.59 Å². The Morgan fingerprint density at radius 3 is 2.43 bits per heavy atom. The van der Waals surface area contributed by atoms with Gasteiger partial charge >= 0.3 is 0 Å². The molecule has 2 amide bonds. The van der Waals surface area contributed by atoms with E-state index in [4.69, 9.17) is 0 Å². The van der Waals surface area contributed by atoms with Crippen molar-refractivity contribution >= 4 is 17.5 Å². The molecule has 2 heterocycles. The third-order valence-electron chi connectivity index (χ3n) is 6.63. The summed E-state index contributed by atoms with van der Waals surface area (Å²) in [5.41, 5.74) is 1.99. The monoisotopic (exact) mass is 413 g/mol. The Morgan fingerprint density at radius 1 is 1.03 bits per heavy atom. The van der Waals surface area contributed by atoms with Gasteiger partial charge in [-0.2, -0.15) is 0 Å². The smallest absolute Gasteiger partial charge is 0.226 e. The average Bonchev–Trinajstić information content (AvgIpc) is 2.70. The first-order chi connectivity index (χ1) is 14.2. The van der Waals surface area contributed by atoms with E-state index in [-0.39, 0.29) is 17.2 Å². The van der Waals surface area contributed by atoms with Gasteiger partial charge in [0.05, 0.1) is 0 Å². The van der Waals surface area contributed by atoms with Crippen molar-refractivity contribution in [2.45, 2.75) is 84.8 Å². The molecule has 0 radical (unpaired) electrons. The number of benzene rings is 1. The van der Waals surface area contributed by atoms with Gasteiger partial charge in [0.25, 0.3) is 0 Å². The number of piperidine rings is 1. The van der Waals surface area contributed by atoms with E-state index < -0.39 is 0 Å². The molecule has 0 spiro atoms. The van der Waals surface area contributed by atoms with Crippen LogP contribution in [-0.2, 0) is 16.1 Å². The molecule has 2 aliphatic heterocycles. The van der Waals surface area contributed by atoms with Crippen molar-refractivity contribution < 1.29 is 9.59 Å². The van der Waals surface area contributed by atoms with Gasteiger partial charge in [0.1, 0.15) is 0 Å². The lowest BCUT2D eigenvalue weighted by atomic mass is 9.90. The van der Waals surface area contributed by atoms with Gasteiger partial charge in [-0.1, -0.05) is 52.3 Å². The lowest BCUT2D eigenvalue weighted by molar-refractivity contribution is -0.135. The molecule has 5 heteroatoms. The molecule has 5 nitrogen and oxygen atoms in total. The summed E-state index contributed by atoms with van der Waals surface area (Å²) in [7, 11) is 2.21. The highest BCUT2D eigenvalue weighted by atomic mass is 16.2. The van der Waals surface area contributed by atoms with Gasteiger partial charge in [-0.3, -0.25) is 14.5 Å². The lowest BCUT2D eigenvalue weighted by Gasteiger charge is -2.42. The van der Waals surface area contributed by atoms with Crippen molar-refractivity contribution in [2.24, 2.45) is 5.41 Å². The van der Waals surface area contributed by atoms with Crippen LogP contribution in [0.15, 0.2) is 24.3 Å². The topological polar surface area (TPSA) is 43.9 Å². The van der Waals surface area contributed by atoms with Crippen LogP contribution in [0, 0.1) is 5.41 Å². The predicted octanol–water partition coefficient (Wildman–Crippen LogP) is 4.45. The van der Waals surface area contributed by atoms with Crippen molar-refractivity contribution in [3.05, 3.63) is 29.8 Å². The molecule has 30 heavy (non-hydrogen) atoms. The summed E-state index contributed by atoms with van der Waals surface area (Å²) in [6.45, 7) is 10.4. The molecule has 1 saturated heterocycles. The maximum absolute atomic E-state index is 13.3. The van der Waals surface area contributed by atoms with Gasteiger partial charge in [-0.15, -0.1) is 0 Å². The molecule has 1 aromatic carbocycles. The van der Waals surface area contributed by atoms with Crippen molar-refractivity contribution in [1.82, 2.24) is 9.80 Å². The fraction of sp³-hybridized carbons (Fsp3) is 0.680. The fourth-order valence-corrected chi connectivity index (χ4v) is 4.90. The van der Waals surface area contributed by atoms with Crippen LogP contribution in [0.25, 0.3) is 0 Å². The maximum Gasteiger partial charge on any atom is 0.226 e. The molecule has 1 fully saturated rings. The number of fused-ring (bicyclic) bond motifs is 3. The molecule has 0 aromatic heterocycles. The number of rotatable bonds is 2. The van der Waals surface area contributed by atoms with Gasteiger partial charge < -0.3 is 9.80 Å². The van der Waals surface area contributed by atoms with Crippen molar-refractivity contribution in [3.8, 4) is 0 Å². The molecule has 2 bridgehead atoms. The van der Waals surface area contributed by atoms with E-state index >= 15 is 0 Å². The Balaban J connectivity index is 2.01. The Kier molecular flexibility index (Phi) is 7.22. The number of para-hydroxylation sites is 1. The van der Waals surface area contributed by atoms with Gasteiger partial charge in [0.15, 0.2) is 0 Å². The number of hydrogen-bond donors (Lipinski definition) is 0. The number of likely N-dealkylation sites (N-methyl/N-ethyl adjacent to an activating group) is 1. The normalized spacial score (nSPS) is 23.5. The summed E-state index contributed by atoms with van der Waals surface area (Å²) in [5, 5.41) is 0. The van der Waals surface area contributed by atoms with Crippen LogP contribution in [-0.4, -0.2) is 53.8 Å². The van der Waals surface area contributed by atoms with E-state index in [0.29, 0.717) is 31.5 Å². The van der Waals surface area contributed by atoms with Crippen LogP contribution >= 0.6 is 0 Å². The fourth-order valence-electron chi connectivity index (χ4n) is 4.90. The first-order valence-electron chi connectivity index (χ1n) is 11.6. The minimum absolute atomic E-state index is 0.0476. The summed E-state index contributed by atoms with van der Waals surface area (Å²) in [6.07, 6.45) is 5.49. The number of nitrogens with zero attached hydrogens (tertiary/aromatic N) is 3. The zero-order chi connectivity index (χ0) is 21.9. The zero-order valence-electron chi connectivity index (χ0n) is 19.5. The SMILES string of the molecule is CCC(=O)N1CCC2CCCC(CN(C(=O)CC(C)(C)C)Cc3ccccc31)N2C. The molecular formula is C25H39N3O2. The van der Waals surface area contributed by atoms with E-state index in [0.717, 1.165) is 37.2 Å². The van der Waals surface area contributed by atoms with Crippen LogP contribution in [0.2, 0.25) is 0 Å². The third-order valence-corrected chi connectivity index (χ3v) is 6.63. The summed E-state index contributed by atoms with van der Waals surface area (Å²) in [4.78, 5) is 32.7. The van der Waals surface area contributed by atoms with Crippen molar-refractivity contribution in [1.29, 1.82) is 0 Å². The maximum atomic E-state index is 13.3. The molecule has 3 rings (SSSR count). The Hall–Kier alpha value is -1.88. The first kappa shape index (κ1) is 22.8. The molecule has 1 aromatic rings. The number of anilines is 1. The van der Waals surface area contributed by atoms with Crippen LogP contribution in [0.4, 0.5) is 5.69 Å². The van der Waals surface area contributed by atoms with Gasteiger partial charge in [0, 0.05) is 50.2 Å². The van der Waals surface area contributed by atoms with Gasteiger partial charge in [-0.25, -0.2) is 0 Å². The molecule has 2 aliphatic rings. The van der Waals surface area contributed by atoms with Crippen LogP contribution in [0.5, 0.6) is 0 Å². The van der Waals surface area contributed by atoms with E-state index in [1.54, 1.807) is 0 Å². The van der Waals surface area contributed by atoms with Crippen molar-refractivity contribution in [2.75, 3.05) is 25.0 Å². The molecule has 166 valence electrons.